The van der Waals surface area contributed by atoms with E-state index in [4.69, 9.17) is 38.8 Å². The van der Waals surface area contributed by atoms with Crippen molar-refractivity contribution in [3.63, 3.8) is 0 Å². The maximum atomic E-state index is 13.0. The van der Waals surface area contributed by atoms with Gasteiger partial charge in [-0.05, 0) is 39.0 Å². The van der Waals surface area contributed by atoms with Crippen LogP contribution in [-0.4, -0.2) is 160 Å². The summed E-state index contributed by atoms with van der Waals surface area (Å²) in [5.74, 6) is 9.69. The van der Waals surface area contributed by atoms with Gasteiger partial charge in [0.05, 0.1) is 49.8 Å². The molecule has 7 heterocycles. The highest BCUT2D eigenvalue weighted by Gasteiger charge is 2.46. The van der Waals surface area contributed by atoms with Crippen LogP contribution in [0.25, 0.3) is 0 Å². The number of anilines is 1. The van der Waals surface area contributed by atoms with Crippen LogP contribution in [0, 0.1) is 23.7 Å². The molecule has 444 valence electrons. The number of nitrogens with two attached hydrogens (primary N) is 1. The second kappa shape index (κ2) is 26.7. The molecule has 0 aromatic carbocycles. The van der Waals surface area contributed by atoms with Crippen molar-refractivity contribution in [3.8, 4) is 23.7 Å². The van der Waals surface area contributed by atoms with Crippen LogP contribution < -0.4 is 33.3 Å². The van der Waals surface area contributed by atoms with Crippen molar-refractivity contribution in [1.29, 1.82) is 0 Å². The molecule has 3 aromatic rings. The number of hydrogen-bond donors (Lipinski definition) is 12. The van der Waals surface area contributed by atoms with Gasteiger partial charge in [0, 0.05) is 49.6 Å². The van der Waals surface area contributed by atoms with Crippen molar-refractivity contribution in [3.05, 3.63) is 78.5 Å². The second-order valence-corrected chi connectivity index (χ2v) is 23.9. The fraction of sp³-hybridized carbons (Fsp3) is 0.561. The van der Waals surface area contributed by atoms with Gasteiger partial charge in [-0.2, -0.15) is 13.6 Å². The van der Waals surface area contributed by atoms with E-state index < -0.39 is 135 Å². The largest absolute Gasteiger partial charge is 0.490 e. The lowest BCUT2D eigenvalue weighted by molar-refractivity contribution is -0.143. The molecule has 6 unspecified atom stereocenters. The first kappa shape index (κ1) is 63.0. The average molecular weight is 1230 g/mol. The molecule has 3 aromatic heterocycles. The van der Waals surface area contributed by atoms with Crippen LogP contribution in [0.3, 0.4) is 0 Å². The summed E-state index contributed by atoms with van der Waals surface area (Å²) in [7, 11) is -21.8. The quantitative estimate of drug-likeness (QED) is 0.0257. The molecule has 12 atom stereocenters. The molecule has 2 amide bonds. The van der Waals surface area contributed by atoms with E-state index in [9.17, 15) is 72.2 Å². The molecule has 7 rings (SSSR count). The molecule has 0 saturated carbocycles. The Morgan fingerprint density at radius 1 is 0.852 bits per heavy atom. The number of phosphoric ester groups is 2. The summed E-state index contributed by atoms with van der Waals surface area (Å²) in [4.78, 5) is 117. The highest BCUT2D eigenvalue weighted by atomic mass is 31.3. The number of aryl methyl sites for hydroxylation is 1. The number of aliphatic hydroxyl groups is 3. The Balaban J connectivity index is 0.808. The molecule has 81 heavy (non-hydrogen) atoms. The number of H-pyrrole nitrogens is 1. The SMILES string of the molecule is CC1=CN([C@H]2CC(OP(=O)(O)OC[C@@H]3CC[C@H](n4cc(C#CCCCCc5cn(CC(=O)NCC#Cc6cn([C@@H]7CC(O)[C@H](COP(=O)(O)OP(=O)(O)OP(=O)(O)O)O7)c(=O)nc6N)nn5)c(=O)[nH]c4=O)O3)[C@@H](CO)O2)C(O)NC1=O. The number of nitrogens with zero attached hydrogens (tertiary/aromatic N) is 7. The molecule has 4 aliphatic heterocycles. The van der Waals surface area contributed by atoms with Gasteiger partial charge < -0.3 is 75.3 Å². The van der Waals surface area contributed by atoms with Crippen LogP contribution in [-0.2, 0) is 77.2 Å². The Morgan fingerprint density at radius 3 is 2.31 bits per heavy atom. The van der Waals surface area contributed by atoms with E-state index >= 15 is 0 Å². The molecular formula is C41H55N11O25P4. The van der Waals surface area contributed by atoms with Gasteiger partial charge in [-0.15, -0.1) is 5.10 Å². The molecule has 36 nitrogen and oxygen atoms in total. The Hall–Kier alpha value is -5.62. The number of carbonyl (C=O) groups is 2. The number of phosphoric acid groups is 4. The molecule has 13 N–H and O–H groups in total. The summed E-state index contributed by atoms with van der Waals surface area (Å²) in [5, 5.41) is 43.5. The lowest BCUT2D eigenvalue weighted by Gasteiger charge is -2.35. The highest BCUT2D eigenvalue weighted by molar-refractivity contribution is 7.66. The summed E-state index contributed by atoms with van der Waals surface area (Å²) >= 11 is 0. The zero-order chi connectivity index (χ0) is 59.0. The van der Waals surface area contributed by atoms with Gasteiger partial charge in [-0.25, -0.2) is 32.5 Å². The number of rotatable bonds is 23. The minimum atomic E-state index is -5.80. The first-order valence-electron chi connectivity index (χ1n) is 24.1. The molecule has 0 radical (unpaired) electrons. The third-order valence-electron chi connectivity index (χ3n) is 12.0. The Labute approximate surface area is 456 Å². The maximum absolute atomic E-state index is 13.0. The minimum absolute atomic E-state index is 0.00294. The lowest BCUT2D eigenvalue weighted by atomic mass is 10.1. The Bertz CT molecular complexity index is 3360. The summed E-state index contributed by atoms with van der Waals surface area (Å²) in [6, 6.07) is 0. The summed E-state index contributed by atoms with van der Waals surface area (Å²) in [6.07, 6.45) is -2.91. The summed E-state index contributed by atoms with van der Waals surface area (Å²) < 4.78 is 90.3. The highest BCUT2D eigenvalue weighted by Crippen LogP contribution is 2.66. The predicted octanol–water partition coefficient (Wildman–Crippen LogP) is -2.91. The zero-order valence-electron chi connectivity index (χ0n) is 42.2. The van der Waals surface area contributed by atoms with E-state index in [1.807, 2.05) is 0 Å². The third kappa shape index (κ3) is 17.9. The van der Waals surface area contributed by atoms with Crippen molar-refractivity contribution in [2.24, 2.45) is 0 Å². The first-order valence-corrected chi connectivity index (χ1v) is 30.1. The van der Waals surface area contributed by atoms with Crippen molar-refractivity contribution < 1.29 is 104 Å². The number of unbranched alkanes of at least 4 members (excludes halogenated alkanes) is 2. The summed E-state index contributed by atoms with van der Waals surface area (Å²) in [5.41, 5.74) is 4.27. The van der Waals surface area contributed by atoms with E-state index in [2.05, 4.69) is 67.7 Å². The normalized spacial score (nSPS) is 26.0. The molecule has 0 bridgehead atoms. The predicted molar refractivity (Wildman–Crippen MR) is 267 cm³/mol. The topological polar surface area (TPSA) is 512 Å². The number of amides is 2. The van der Waals surface area contributed by atoms with E-state index in [1.165, 1.54) is 28.9 Å². The van der Waals surface area contributed by atoms with Gasteiger partial charge in [0.1, 0.15) is 54.9 Å². The fourth-order valence-electron chi connectivity index (χ4n) is 8.22. The molecule has 0 spiro atoms. The van der Waals surface area contributed by atoms with Gasteiger partial charge in [-0.3, -0.25) is 42.1 Å². The van der Waals surface area contributed by atoms with E-state index in [1.54, 1.807) is 6.20 Å². The Kier molecular flexibility index (Phi) is 20.8. The van der Waals surface area contributed by atoms with Crippen LogP contribution in [0.5, 0.6) is 0 Å². The smallest absolute Gasteiger partial charge is 0.394 e. The number of aromatic nitrogens is 7. The van der Waals surface area contributed by atoms with Gasteiger partial charge in [-0.1, -0.05) is 28.9 Å². The lowest BCUT2D eigenvalue weighted by Crippen LogP contribution is -2.53. The zero-order valence-corrected chi connectivity index (χ0v) is 45.8. The number of ether oxygens (including phenoxy) is 3. The van der Waals surface area contributed by atoms with Crippen molar-refractivity contribution >= 4 is 48.9 Å². The van der Waals surface area contributed by atoms with Crippen molar-refractivity contribution in [1.82, 2.24) is 49.6 Å². The average Bonchev–Trinajstić information content (AvgIpc) is 4.43. The van der Waals surface area contributed by atoms with Gasteiger partial charge in [0.2, 0.25) is 12.3 Å². The fourth-order valence-corrected chi connectivity index (χ4v) is 12.2. The molecule has 0 aliphatic carbocycles. The van der Waals surface area contributed by atoms with Gasteiger partial charge in [0.25, 0.3) is 11.5 Å². The monoisotopic (exact) mass is 1230 g/mol. The number of carbonyl (C=O) groups excluding carboxylic acids is 2. The maximum Gasteiger partial charge on any atom is 0.490 e. The third-order valence-corrected chi connectivity index (χ3v) is 16.8. The van der Waals surface area contributed by atoms with E-state index in [0.717, 1.165) is 15.3 Å². The Morgan fingerprint density at radius 2 is 1.57 bits per heavy atom. The molecular weight excluding hydrogens is 1170 g/mol. The second-order valence-electron chi connectivity index (χ2n) is 18.1. The van der Waals surface area contributed by atoms with Crippen molar-refractivity contribution in [2.45, 2.75) is 120 Å². The van der Waals surface area contributed by atoms with Crippen LogP contribution in [0.1, 0.15) is 81.1 Å². The number of hydrogen-bond acceptors (Lipinski definition) is 25. The molecule has 4 aliphatic rings. The van der Waals surface area contributed by atoms with E-state index in [0.29, 0.717) is 37.8 Å². The first-order chi connectivity index (χ1) is 38.1. The molecule has 40 heteroatoms. The number of aromatic amines is 1. The van der Waals surface area contributed by atoms with Crippen LogP contribution in [0.4, 0.5) is 5.82 Å². The molecule has 3 fully saturated rings. The van der Waals surface area contributed by atoms with Gasteiger partial charge >= 0.3 is 42.7 Å². The van der Waals surface area contributed by atoms with Crippen LogP contribution >= 0.6 is 31.3 Å². The van der Waals surface area contributed by atoms with Crippen LogP contribution in [0.15, 0.2) is 44.7 Å². The number of aliphatic hydroxyl groups excluding tert-OH is 3. The number of nitrogen functional groups attached to an aromatic ring is 1. The van der Waals surface area contributed by atoms with Crippen LogP contribution in [0.2, 0.25) is 0 Å². The standard InChI is InChI=1S/C41H55N11O25P4/c1-23-15-50(40(59)45-37(23)56)35-14-29(30(20-53)73-35)75-79(64,65)70-21-27-10-11-33(72-27)51-17-25(38(57)46-41(51)60)7-4-2-3-5-9-26-18-49(48-47-26)19-32(55)43-12-6-8-24-16-52(39(58)44-36(24)42)34-13-28(54)31(74-34)22-71-80(66,67)77-81(68,69)76-78(61,62)63/h15-18,27-31,33-35,40,53-54,59H,2-3,5,9-14,19-22H2,1H3,(H,43,55)(H,45,56)(H,64,65)(H,66,67)(H,68,69)(H2,42,44,58)(H,46,57,60)(H2,61,62,63)/t27-,28?,29?,30+,31-,33+,34-,35+,40?/m0/s1. The summed E-state index contributed by atoms with van der Waals surface area (Å²) in [6.45, 7) is -0.915. The minimum Gasteiger partial charge on any atom is -0.394 e. The molecule has 3 saturated heterocycles. The van der Waals surface area contributed by atoms with Gasteiger partial charge in [0.15, 0.2) is 0 Å². The van der Waals surface area contributed by atoms with E-state index in [-0.39, 0.29) is 54.9 Å². The van der Waals surface area contributed by atoms with Crippen molar-refractivity contribution in [2.75, 3.05) is 32.1 Å². The number of nitrogens with one attached hydrogen (secondary N) is 3.